The van der Waals surface area contributed by atoms with Gasteiger partial charge in [-0.1, -0.05) is 12.2 Å². The fourth-order valence-electron chi connectivity index (χ4n) is 4.17. The fraction of sp³-hybridized carbons (Fsp3) is 0.588. The van der Waals surface area contributed by atoms with E-state index in [2.05, 4.69) is 0 Å². The second-order valence-corrected chi connectivity index (χ2v) is 7.73. The monoisotopic (exact) mass is 341 g/mol. The van der Waals surface area contributed by atoms with E-state index in [1.54, 1.807) is 13.0 Å². The maximum atomic E-state index is 13.6. The molecule has 1 aliphatic heterocycles. The van der Waals surface area contributed by atoms with Crippen molar-refractivity contribution in [3.8, 4) is 0 Å². The molecule has 1 aromatic rings. The molecule has 3 aliphatic rings. The average molecular weight is 341 g/mol. The zero-order valence-corrected chi connectivity index (χ0v) is 13.6. The zero-order valence-electron chi connectivity index (χ0n) is 12.8. The van der Waals surface area contributed by atoms with E-state index in [1.165, 1.54) is 11.3 Å². The number of halogens is 3. The number of nitrogens with zero attached hydrogens (tertiary/aromatic N) is 1. The first-order valence-corrected chi connectivity index (χ1v) is 8.85. The van der Waals surface area contributed by atoms with Crippen LogP contribution in [0.25, 0.3) is 6.08 Å². The number of hydrogen-bond acceptors (Lipinski definition) is 2. The van der Waals surface area contributed by atoms with Crippen LogP contribution in [-0.4, -0.2) is 30.1 Å². The van der Waals surface area contributed by atoms with Crippen molar-refractivity contribution < 1.29 is 18.0 Å². The third kappa shape index (κ3) is 2.10. The highest BCUT2D eigenvalue weighted by molar-refractivity contribution is 7.10. The van der Waals surface area contributed by atoms with Gasteiger partial charge in [0, 0.05) is 24.9 Å². The first kappa shape index (κ1) is 15.2. The maximum Gasteiger partial charge on any atom is 0.399 e. The molecule has 1 aromatic heterocycles. The first-order valence-electron chi connectivity index (χ1n) is 7.97. The van der Waals surface area contributed by atoms with Gasteiger partial charge in [-0.15, -0.1) is 11.3 Å². The third-order valence-electron chi connectivity index (χ3n) is 5.66. The van der Waals surface area contributed by atoms with Crippen LogP contribution in [0.1, 0.15) is 48.1 Å². The van der Waals surface area contributed by atoms with Gasteiger partial charge in [-0.25, -0.2) is 0 Å². The minimum atomic E-state index is -4.17. The van der Waals surface area contributed by atoms with Crippen LogP contribution in [0.3, 0.4) is 0 Å². The molecule has 0 aromatic carbocycles. The van der Waals surface area contributed by atoms with Gasteiger partial charge in [0.15, 0.2) is 0 Å². The molecule has 2 atom stereocenters. The SMILES string of the molecule is CC(=O)N1CCC(c2csc3c2C=CC2CC32C(F)(F)F)CC1. The molecule has 2 aliphatic carbocycles. The summed E-state index contributed by atoms with van der Waals surface area (Å²) < 4.78 is 40.7. The summed E-state index contributed by atoms with van der Waals surface area (Å²) in [6, 6.07) is 0. The molecule has 1 saturated heterocycles. The zero-order chi connectivity index (χ0) is 16.4. The lowest BCUT2D eigenvalue weighted by atomic mass is 9.84. The second kappa shape index (κ2) is 4.85. The Labute approximate surface area is 137 Å². The summed E-state index contributed by atoms with van der Waals surface area (Å²) in [6.07, 6.45) is 1.34. The standard InChI is InChI=1S/C17H18F3NOS/c1-10(22)21-6-4-11(5-7-21)14-9-23-15-13(14)3-2-12-8-16(12,15)17(18,19)20/h2-3,9,11-12H,4-8H2,1H3. The van der Waals surface area contributed by atoms with Crippen LogP contribution in [-0.2, 0) is 10.2 Å². The van der Waals surface area contributed by atoms with Crippen LogP contribution in [0.4, 0.5) is 13.2 Å². The molecule has 2 nitrogen and oxygen atoms in total. The highest BCUT2D eigenvalue weighted by Crippen LogP contribution is 2.68. The molecule has 2 fully saturated rings. The van der Waals surface area contributed by atoms with E-state index in [-0.39, 0.29) is 24.2 Å². The van der Waals surface area contributed by atoms with E-state index in [0.717, 1.165) is 24.0 Å². The molecule has 0 bridgehead atoms. The topological polar surface area (TPSA) is 20.3 Å². The van der Waals surface area contributed by atoms with Crippen molar-refractivity contribution in [3.05, 3.63) is 27.5 Å². The van der Waals surface area contributed by atoms with E-state index in [0.29, 0.717) is 18.0 Å². The summed E-state index contributed by atoms with van der Waals surface area (Å²) in [5.41, 5.74) is 0.251. The lowest BCUT2D eigenvalue weighted by Gasteiger charge is -2.32. The third-order valence-corrected chi connectivity index (χ3v) is 6.85. The summed E-state index contributed by atoms with van der Waals surface area (Å²) in [7, 11) is 0. The Hall–Kier alpha value is -1.30. The predicted octanol–water partition coefficient (Wildman–Crippen LogP) is 4.32. The Bertz CT molecular complexity index is 685. The quantitative estimate of drug-likeness (QED) is 0.745. The molecular formula is C17H18F3NOS. The number of hydrogen-bond donors (Lipinski definition) is 0. The van der Waals surface area contributed by atoms with Crippen LogP contribution in [0, 0.1) is 5.92 Å². The first-order chi connectivity index (χ1) is 10.8. The van der Waals surface area contributed by atoms with Crippen LogP contribution in [0.2, 0.25) is 0 Å². The van der Waals surface area contributed by atoms with Gasteiger partial charge in [0.25, 0.3) is 0 Å². The van der Waals surface area contributed by atoms with Crippen LogP contribution >= 0.6 is 11.3 Å². The summed E-state index contributed by atoms with van der Waals surface area (Å²) in [6.45, 7) is 2.96. The number of rotatable bonds is 1. The van der Waals surface area contributed by atoms with Crippen LogP contribution < -0.4 is 0 Å². The Balaban J connectivity index is 1.63. The van der Waals surface area contributed by atoms with Crippen molar-refractivity contribution in [2.75, 3.05) is 13.1 Å². The molecule has 0 radical (unpaired) electrons. The number of piperidine rings is 1. The van der Waals surface area contributed by atoms with Gasteiger partial charge in [0.05, 0.1) is 0 Å². The molecule has 23 heavy (non-hydrogen) atoms. The Morgan fingerprint density at radius 2 is 2.04 bits per heavy atom. The second-order valence-electron chi connectivity index (χ2n) is 6.85. The van der Waals surface area contributed by atoms with Crippen molar-refractivity contribution in [1.29, 1.82) is 0 Å². The van der Waals surface area contributed by atoms with Crippen LogP contribution in [0.15, 0.2) is 11.5 Å². The van der Waals surface area contributed by atoms with Crippen molar-refractivity contribution >= 4 is 23.3 Å². The number of alkyl halides is 3. The van der Waals surface area contributed by atoms with Gasteiger partial charge in [-0.05, 0) is 47.6 Å². The van der Waals surface area contributed by atoms with E-state index in [9.17, 15) is 18.0 Å². The van der Waals surface area contributed by atoms with E-state index < -0.39 is 11.6 Å². The minimum absolute atomic E-state index is 0.0764. The smallest absolute Gasteiger partial charge is 0.343 e. The predicted molar refractivity (Wildman–Crippen MR) is 83.4 cm³/mol. The van der Waals surface area contributed by atoms with Gasteiger partial charge in [0.1, 0.15) is 5.41 Å². The number of amides is 1. The molecular weight excluding hydrogens is 323 g/mol. The van der Waals surface area contributed by atoms with Crippen molar-refractivity contribution in [2.45, 2.75) is 43.7 Å². The molecule has 4 rings (SSSR count). The molecule has 0 spiro atoms. The van der Waals surface area contributed by atoms with Gasteiger partial charge in [-0.2, -0.15) is 13.2 Å². The summed E-state index contributed by atoms with van der Waals surface area (Å²) >= 11 is 1.28. The van der Waals surface area contributed by atoms with Gasteiger partial charge in [-0.3, -0.25) is 4.79 Å². The van der Waals surface area contributed by atoms with Crippen molar-refractivity contribution in [1.82, 2.24) is 4.90 Å². The molecule has 124 valence electrons. The lowest BCUT2D eigenvalue weighted by Crippen LogP contribution is -2.36. The number of allylic oxidation sites excluding steroid dienone is 1. The largest absolute Gasteiger partial charge is 0.399 e. The average Bonchev–Trinajstić information content (AvgIpc) is 3.13. The Kier molecular flexibility index (Phi) is 3.21. The minimum Gasteiger partial charge on any atom is -0.343 e. The lowest BCUT2D eigenvalue weighted by molar-refractivity contribution is -0.162. The van der Waals surface area contributed by atoms with Crippen molar-refractivity contribution in [2.24, 2.45) is 5.92 Å². The van der Waals surface area contributed by atoms with Gasteiger partial charge < -0.3 is 4.90 Å². The highest BCUT2D eigenvalue weighted by Gasteiger charge is 2.72. The molecule has 2 unspecified atom stereocenters. The van der Waals surface area contributed by atoms with Gasteiger partial charge >= 0.3 is 6.18 Å². The highest BCUT2D eigenvalue weighted by atomic mass is 32.1. The number of likely N-dealkylation sites (tertiary alicyclic amines) is 1. The van der Waals surface area contributed by atoms with E-state index >= 15 is 0 Å². The molecule has 1 amide bonds. The number of fused-ring (bicyclic) bond motifs is 3. The Morgan fingerprint density at radius 3 is 2.65 bits per heavy atom. The Morgan fingerprint density at radius 1 is 1.35 bits per heavy atom. The number of carbonyl (C=O) groups excluding carboxylic acids is 1. The van der Waals surface area contributed by atoms with E-state index in [4.69, 9.17) is 0 Å². The van der Waals surface area contributed by atoms with Crippen LogP contribution in [0.5, 0.6) is 0 Å². The maximum absolute atomic E-state index is 13.6. The molecule has 1 saturated carbocycles. The van der Waals surface area contributed by atoms with Gasteiger partial charge in [0.2, 0.25) is 5.91 Å². The normalized spacial score (nSPS) is 30.1. The summed E-state index contributed by atoms with van der Waals surface area (Å²) in [5, 5.41) is 1.93. The summed E-state index contributed by atoms with van der Waals surface area (Å²) in [5.74, 6) is -0.0376. The number of carbonyl (C=O) groups is 1. The molecule has 2 heterocycles. The van der Waals surface area contributed by atoms with Crippen molar-refractivity contribution in [3.63, 3.8) is 0 Å². The molecule has 0 N–H and O–H groups in total. The number of thiophene rings is 1. The summed E-state index contributed by atoms with van der Waals surface area (Å²) in [4.78, 5) is 13.8. The van der Waals surface area contributed by atoms with E-state index in [1.807, 2.05) is 16.4 Å². The molecule has 6 heteroatoms. The fourth-order valence-corrected chi connectivity index (χ4v) is 5.61.